The number of carbonyl (C=O) groups excluding carboxylic acids is 2. The number of benzene rings is 2. The van der Waals surface area contributed by atoms with Crippen LogP contribution in [-0.2, 0) is 21.9 Å². The Bertz CT molecular complexity index is 994. The van der Waals surface area contributed by atoms with Gasteiger partial charge in [0.15, 0.2) is 0 Å². The maximum Gasteiger partial charge on any atom is 0.417 e. The highest BCUT2D eigenvalue weighted by Gasteiger charge is 2.37. The summed E-state index contributed by atoms with van der Waals surface area (Å²) in [7, 11) is 2.31. The first kappa shape index (κ1) is 28.1. The van der Waals surface area contributed by atoms with Crippen LogP contribution in [0, 0.1) is 5.92 Å². The van der Waals surface area contributed by atoms with Crippen LogP contribution in [0.5, 0.6) is 0 Å². The first-order valence-electron chi connectivity index (χ1n) is 9.44. The molecule has 34 heavy (non-hydrogen) atoms. The van der Waals surface area contributed by atoms with Crippen LogP contribution in [-0.4, -0.2) is 31.8 Å². The van der Waals surface area contributed by atoms with E-state index in [1.54, 1.807) is 0 Å². The average Bonchev–Trinajstić information content (AvgIpc) is 2.74. The molecule has 2 amide bonds. The van der Waals surface area contributed by atoms with E-state index in [-0.39, 0.29) is 23.7 Å². The van der Waals surface area contributed by atoms with Crippen LogP contribution in [0.25, 0.3) is 0 Å². The topological polar surface area (TPSA) is 40.6 Å². The predicted octanol–water partition coefficient (Wildman–Crippen LogP) is 6.90. The lowest BCUT2D eigenvalue weighted by atomic mass is 10.0. The number of halogens is 9. The second kappa shape index (κ2) is 10.6. The van der Waals surface area contributed by atoms with E-state index in [0.717, 1.165) is 48.2 Å². The number of hydrogen-bond acceptors (Lipinski definition) is 2. The summed E-state index contributed by atoms with van der Waals surface area (Å²) >= 11 is 16.9. The van der Waals surface area contributed by atoms with E-state index in [2.05, 4.69) is 0 Å². The molecule has 0 aliphatic rings. The minimum absolute atomic E-state index is 0.174. The van der Waals surface area contributed by atoms with Gasteiger partial charge in [0.1, 0.15) is 5.92 Å². The molecule has 2 aromatic rings. The summed E-state index contributed by atoms with van der Waals surface area (Å²) in [5.74, 6) is -3.47. The van der Waals surface area contributed by atoms with Crippen molar-refractivity contribution in [1.29, 1.82) is 0 Å². The molecule has 0 saturated heterocycles. The lowest BCUT2D eigenvalue weighted by molar-refractivity contribution is -0.138. The molecule has 0 aliphatic heterocycles. The van der Waals surface area contributed by atoms with Gasteiger partial charge in [0.25, 0.3) is 0 Å². The molecule has 0 aliphatic carbocycles. The Kier molecular flexibility index (Phi) is 8.77. The van der Waals surface area contributed by atoms with Crippen LogP contribution >= 0.6 is 34.8 Å². The molecule has 2 aromatic carbocycles. The largest absolute Gasteiger partial charge is 0.417 e. The highest BCUT2D eigenvalue weighted by atomic mass is 35.5. The average molecular weight is 550 g/mol. The lowest BCUT2D eigenvalue weighted by Crippen LogP contribution is -2.43. The first-order valence-corrected chi connectivity index (χ1v) is 10.7. The molecular formula is C21H17Cl3F6N2O2. The van der Waals surface area contributed by atoms with Gasteiger partial charge in [0.05, 0.1) is 21.2 Å². The molecule has 0 unspecified atom stereocenters. The number of hydrogen-bond donors (Lipinski definition) is 0. The summed E-state index contributed by atoms with van der Waals surface area (Å²) < 4.78 is 79.1. The summed E-state index contributed by atoms with van der Waals surface area (Å²) in [6.45, 7) is 0. The molecule has 2 rings (SSSR count). The number of amides is 2. The smallest absolute Gasteiger partial charge is 0.315 e. The number of rotatable bonds is 6. The Morgan fingerprint density at radius 3 is 1.44 bits per heavy atom. The van der Waals surface area contributed by atoms with E-state index >= 15 is 0 Å². The molecule has 0 aromatic heterocycles. The number of anilines is 2. The fraction of sp³-hybridized carbons (Fsp3) is 0.333. The molecule has 0 radical (unpaired) electrons. The van der Waals surface area contributed by atoms with Crippen molar-refractivity contribution in [1.82, 2.24) is 0 Å². The van der Waals surface area contributed by atoms with Crippen LogP contribution in [0.3, 0.4) is 0 Å². The van der Waals surface area contributed by atoms with Crippen molar-refractivity contribution in [2.45, 2.75) is 18.8 Å². The third kappa shape index (κ3) is 6.28. The van der Waals surface area contributed by atoms with E-state index < -0.39 is 51.3 Å². The summed E-state index contributed by atoms with van der Waals surface area (Å²) in [4.78, 5) is 27.7. The van der Waals surface area contributed by atoms with Crippen molar-refractivity contribution >= 4 is 58.0 Å². The van der Waals surface area contributed by atoms with Gasteiger partial charge in [-0.25, -0.2) is 0 Å². The van der Waals surface area contributed by atoms with E-state index in [0.29, 0.717) is 12.1 Å². The lowest BCUT2D eigenvalue weighted by Gasteiger charge is -2.27. The molecule has 186 valence electrons. The Balaban J connectivity index is 2.39. The number of alkyl halides is 7. The number of nitrogens with zero attached hydrogens (tertiary/aromatic N) is 2. The van der Waals surface area contributed by atoms with Crippen molar-refractivity contribution in [2.75, 3.05) is 29.8 Å². The van der Waals surface area contributed by atoms with Gasteiger partial charge in [0, 0.05) is 31.4 Å². The summed E-state index contributed by atoms with van der Waals surface area (Å²) in [6.07, 6.45) is -9.78. The fourth-order valence-electron chi connectivity index (χ4n) is 3.06. The maximum atomic E-state index is 13.2. The SMILES string of the molecule is CN(C(=O)C(CCCl)C(=O)N(C)c1ccc(Cl)c(C(F)(F)F)c1)c1ccc(Cl)c(C(F)(F)F)c1. The fourth-order valence-corrected chi connectivity index (χ4v) is 3.73. The van der Waals surface area contributed by atoms with E-state index in [1.807, 2.05) is 0 Å². The van der Waals surface area contributed by atoms with Crippen LogP contribution in [0.1, 0.15) is 17.5 Å². The first-order chi connectivity index (χ1) is 15.6. The van der Waals surface area contributed by atoms with E-state index in [1.165, 1.54) is 0 Å². The third-order valence-electron chi connectivity index (χ3n) is 4.94. The molecule has 0 heterocycles. The van der Waals surface area contributed by atoms with Gasteiger partial charge in [-0.2, -0.15) is 26.3 Å². The van der Waals surface area contributed by atoms with Gasteiger partial charge in [-0.05, 0) is 42.8 Å². The third-order valence-corrected chi connectivity index (χ3v) is 5.82. The number of carbonyl (C=O) groups is 2. The summed E-state index contributed by atoms with van der Waals surface area (Å²) in [5.41, 5.74) is -2.74. The molecule has 0 atom stereocenters. The van der Waals surface area contributed by atoms with Gasteiger partial charge >= 0.3 is 12.4 Å². The molecule has 13 heteroatoms. The normalized spacial score (nSPS) is 12.1. The maximum absolute atomic E-state index is 13.2. The molecule has 0 bridgehead atoms. The van der Waals surface area contributed by atoms with Crippen LogP contribution in [0.4, 0.5) is 37.7 Å². The Morgan fingerprint density at radius 1 is 0.794 bits per heavy atom. The Hall–Kier alpha value is -2.17. The second-order valence-corrected chi connectivity index (χ2v) is 8.34. The van der Waals surface area contributed by atoms with Crippen LogP contribution in [0.15, 0.2) is 36.4 Å². The minimum Gasteiger partial charge on any atom is -0.315 e. The molecule has 0 spiro atoms. The Morgan fingerprint density at radius 2 is 1.15 bits per heavy atom. The highest BCUT2D eigenvalue weighted by molar-refractivity contribution is 6.32. The van der Waals surface area contributed by atoms with Gasteiger partial charge in [0.2, 0.25) is 11.8 Å². The zero-order valence-electron chi connectivity index (χ0n) is 17.6. The van der Waals surface area contributed by atoms with Crippen molar-refractivity contribution in [3.63, 3.8) is 0 Å². The predicted molar refractivity (Wildman–Crippen MR) is 119 cm³/mol. The van der Waals surface area contributed by atoms with Gasteiger partial charge < -0.3 is 9.80 Å². The van der Waals surface area contributed by atoms with Gasteiger partial charge in [-0.3, -0.25) is 9.59 Å². The van der Waals surface area contributed by atoms with Gasteiger partial charge in [-0.15, -0.1) is 11.6 Å². The molecule has 4 nitrogen and oxygen atoms in total. The standard InChI is InChI=1S/C21H17Cl3F6N2O2/c1-31(11-3-5-16(23)14(9-11)20(25,26)27)18(33)13(7-8-22)19(34)32(2)12-4-6-17(24)15(10-12)21(28,29)30/h3-6,9-10,13H,7-8H2,1-2H3. The molecule has 0 N–H and O–H groups in total. The zero-order valence-corrected chi connectivity index (χ0v) is 19.8. The van der Waals surface area contributed by atoms with Crippen LogP contribution < -0.4 is 9.80 Å². The van der Waals surface area contributed by atoms with Crippen molar-refractivity contribution in [2.24, 2.45) is 5.92 Å². The minimum atomic E-state index is -4.78. The summed E-state index contributed by atoms with van der Waals surface area (Å²) in [6, 6.07) is 5.55. The van der Waals surface area contributed by atoms with Crippen LogP contribution in [0.2, 0.25) is 10.0 Å². The molecule has 0 saturated carbocycles. The molecular weight excluding hydrogens is 533 g/mol. The zero-order chi connectivity index (χ0) is 26.0. The van der Waals surface area contributed by atoms with Crippen molar-refractivity contribution in [3.05, 3.63) is 57.6 Å². The second-order valence-electron chi connectivity index (χ2n) is 7.15. The van der Waals surface area contributed by atoms with E-state index in [4.69, 9.17) is 34.8 Å². The van der Waals surface area contributed by atoms with Crippen molar-refractivity contribution in [3.8, 4) is 0 Å². The Labute approximate surface area is 206 Å². The summed E-state index contributed by atoms with van der Waals surface area (Å²) in [5, 5.41) is -1.15. The highest BCUT2D eigenvalue weighted by Crippen LogP contribution is 2.38. The molecule has 0 fully saturated rings. The quantitative estimate of drug-likeness (QED) is 0.223. The monoisotopic (exact) mass is 548 g/mol. The van der Waals surface area contributed by atoms with E-state index in [9.17, 15) is 35.9 Å². The van der Waals surface area contributed by atoms with Crippen molar-refractivity contribution < 1.29 is 35.9 Å². The van der Waals surface area contributed by atoms with Gasteiger partial charge in [-0.1, -0.05) is 23.2 Å².